The van der Waals surface area contributed by atoms with E-state index in [1.165, 1.54) is 7.11 Å². The van der Waals surface area contributed by atoms with E-state index in [0.717, 1.165) is 17.5 Å². The number of ether oxygens (including phenoxy) is 1. The highest BCUT2D eigenvalue weighted by Gasteiger charge is 2.13. The Labute approximate surface area is 101 Å². The van der Waals surface area contributed by atoms with Gasteiger partial charge in [-0.15, -0.1) is 0 Å². The molecule has 90 valence electrons. The molecular weight excluding hydrogens is 216 g/mol. The number of nitrogens with two attached hydrogens (primary N) is 1. The highest BCUT2D eigenvalue weighted by Crippen LogP contribution is 2.19. The first-order valence-electron chi connectivity index (χ1n) is 5.47. The molecule has 0 bridgehead atoms. The summed E-state index contributed by atoms with van der Waals surface area (Å²) in [6, 6.07) is 5.86. The van der Waals surface area contributed by atoms with Gasteiger partial charge in [0.2, 0.25) is 0 Å². The van der Waals surface area contributed by atoms with Crippen LogP contribution in [0.15, 0.2) is 12.1 Å². The number of benzene rings is 1. The lowest BCUT2D eigenvalue weighted by atomic mass is 9.95. The molecule has 0 aliphatic carbocycles. The van der Waals surface area contributed by atoms with E-state index in [1.807, 2.05) is 13.0 Å². The van der Waals surface area contributed by atoms with Crippen molar-refractivity contribution in [2.75, 3.05) is 7.11 Å². The second-order valence-corrected chi connectivity index (χ2v) is 3.70. The SMILES string of the molecule is CCc1cc(C#N)c(CC(=O)OC)c(CN)c1. The van der Waals surface area contributed by atoms with Crippen LogP contribution < -0.4 is 5.73 Å². The molecule has 0 saturated heterocycles. The number of nitriles is 1. The molecule has 0 spiro atoms. The van der Waals surface area contributed by atoms with Gasteiger partial charge < -0.3 is 10.5 Å². The third-order valence-electron chi connectivity index (χ3n) is 2.70. The van der Waals surface area contributed by atoms with E-state index >= 15 is 0 Å². The van der Waals surface area contributed by atoms with Crippen LogP contribution in [0.4, 0.5) is 0 Å². The smallest absolute Gasteiger partial charge is 0.310 e. The fourth-order valence-corrected chi connectivity index (χ4v) is 1.71. The Kier molecular flexibility index (Phi) is 4.68. The first-order valence-corrected chi connectivity index (χ1v) is 5.47. The summed E-state index contributed by atoms with van der Waals surface area (Å²) in [6.07, 6.45) is 0.927. The summed E-state index contributed by atoms with van der Waals surface area (Å²) in [7, 11) is 1.33. The Balaban J connectivity index is 3.25. The molecule has 0 amide bonds. The third-order valence-corrected chi connectivity index (χ3v) is 2.70. The topological polar surface area (TPSA) is 76.1 Å². The van der Waals surface area contributed by atoms with E-state index in [9.17, 15) is 4.79 Å². The molecule has 4 heteroatoms. The van der Waals surface area contributed by atoms with E-state index in [0.29, 0.717) is 17.7 Å². The fourth-order valence-electron chi connectivity index (χ4n) is 1.71. The Hall–Kier alpha value is -1.86. The average Bonchev–Trinajstić information content (AvgIpc) is 2.38. The molecular formula is C13H16N2O2. The van der Waals surface area contributed by atoms with Crippen molar-refractivity contribution >= 4 is 5.97 Å². The van der Waals surface area contributed by atoms with Crippen LogP contribution >= 0.6 is 0 Å². The molecule has 4 nitrogen and oxygen atoms in total. The predicted molar refractivity (Wildman–Crippen MR) is 64.1 cm³/mol. The molecule has 0 saturated carbocycles. The second kappa shape index (κ2) is 6.02. The van der Waals surface area contributed by atoms with Gasteiger partial charge in [-0.2, -0.15) is 5.26 Å². The van der Waals surface area contributed by atoms with Gasteiger partial charge in [0.15, 0.2) is 0 Å². The molecule has 0 atom stereocenters. The van der Waals surface area contributed by atoms with Gasteiger partial charge in [-0.1, -0.05) is 13.0 Å². The Bertz CT molecular complexity index is 461. The van der Waals surface area contributed by atoms with Crippen molar-refractivity contribution in [1.29, 1.82) is 5.26 Å². The monoisotopic (exact) mass is 232 g/mol. The van der Waals surface area contributed by atoms with Crippen LogP contribution in [0.3, 0.4) is 0 Å². The Morgan fingerprint density at radius 2 is 2.24 bits per heavy atom. The molecule has 0 aliphatic heterocycles. The number of nitrogens with zero attached hydrogens (tertiary/aromatic N) is 1. The van der Waals surface area contributed by atoms with Crippen LogP contribution in [0.1, 0.15) is 29.2 Å². The van der Waals surface area contributed by atoms with Crippen LogP contribution in [0.25, 0.3) is 0 Å². The number of carbonyl (C=O) groups is 1. The lowest BCUT2D eigenvalue weighted by molar-refractivity contribution is -0.139. The largest absolute Gasteiger partial charge is 0.469 e. The Morgan fingerprint density at radius 1 is 1.53 bits per heavy atom. The summed E-state index contributed by atoms with van der Waals surface area (Å²) >= 11 is 0. The number of hydrogen-bond acceptors (Lipinski definition) is 4. The van der Waals surface area contributed by atoms with E-state index in [1.54, 1.807) is 6.07 Å². The van der Waals surface area contributed by atoms with Gasteiger partial charge in [-0.25, -0.2) is 0 Å². The van der Waals surface area contributed by atoms with Gasteiger partial charge in [0.25, 0.3) is 0 Å². The average molecular weight is 232 g/mol. The zero-order chi connectivity index (χ0) is 12.8. The van der Waals surface area contributed by atoms with Crippen LogP contribution in [-0.4, -0.2) is 13.1 Å². The van der Waals surface area contributed by atoms with E-state index in [4.69, 9.17) is 11.0 Å². The minimum absolute atomic E-state index is 0.0932. The van der Waals surface area contributed by atoms with E-state index in [-0.39, 0.29) is 12.4 Å². The summed E-state index contributed by atoms with van der Waals surface area (Å²) in [5.74, 6) is -0.361. The quantitative estimate of drug-likeness (QED) is 0.794. The second-order valence-electron chi connectivity index (χ2n) is 3.70. The van der Waals surface area contributed by atoms with Gasteiger partial charge in [0, 0.05) is 6.54 Å². The molecule has 0 unspecified atom stereocenters. The van der Waals surface area contributed by atoms with Crippen LogP contribution in [0.5, 0.6) is 0 Å². The standard InChI is InChI=1S/C13H16N2O2/c1-3-9-4-10(7-14)12(6-13(16)17-2)11(5-9)8-15/h4-5H,3,6-7,14H2,1-2H3. The van der Waals surface area contributed by atoms with Gasteiger partial charge in [-0.3, -0.25) is 4.79 Å². The molecule has 1 aromatic carbocycles. The molecule has 2 N–H and O–H groups in total. The van der Waals surface area contributed by atoms with Crippen molar-refractivity contribution < 1.29 is 9.53 Å². The number of hydrogen-bond donors (Lipinski definition) is 1. The van der Waals surface area contributed by atoms with Gasteiger partial charge in [0.05, 0.1) is 25.2 Å². The maximum atomic E-state index is 11.3. The number of aryl methyl sites for hydroxylation is 1. The van der Waals surface area contributed by atoms with Gasteiger partial charge in [-0.05, 0) is 29.2 Å². The third kappa shape index (κ3) is 3.05. The summed E-state index contributed by atoms with van der Waals surface area (Å²) in [4.78, 5) is 11.3. The highest BCUT2D eigenvalue weighted by atomic mass is 16.5. The predicted octanol–water partition coefficient (Wildman–Crippen LogP) is 1.29. The summed E-state index contributed by atoms with van der Waals surface area (Å²) < 4.78 is 4.62. The first kappa shape index (κ1) is 13.2. The zero-order valence-electron chi connectivity index (χ0n) is 10.1. The van der Waals surface area contributed by atoms with Crippen molar-refractivity contribution in [3.8, 4) is 6.07 Å². The van der Waals surface area contributed by atoms with Crippen LogP contribution in [-0.2, 0) is 28.9 Å². The Morgan fingerprint density at radius 3 is 2.71 bits per heavy atom. The molecule has 1 rings (SSSR count). The highest BCUT2D eigenvalue weighted by molar-refractivity contribution is 5.74. The molecule has 17 heavy (non-hydrogen) atoms. The maximum absolute atomic E-state index is 11.3. The van der Waals surface area contributed by atoms with Gasteiger partial charge >= 0.3 is 5.97 Å². The molecule has 0 aromatic heterocycles. The van der Waals surface area contributed by atoms with E-state index in [2.05, 4.69) is 10.8 Å². The fraction of sp³-hybridized carbons (Fsp3) is 0.385. The number of esters is 1. The molecule has 0 radical (unpaired) electrons. The number of methoxy groups -OCH3 is 1. The zero-order valence-corrected chi connectivity index (χ0v) is 10.1. The minimum atomic E-state index is -0.361. The number of rotatable bonds is 4. The first-order chi connectivity index (χ1) is 8.15. The minimum Gasteiger partial charge on any atom is -0.469 e. The van der Waals surface area contributed by atoms with E-state index < -0.39 is 0 Å². The summed E-state index contributed by atoms with van der Waals surface area (Å²) in [5, 5.41) is 9.10. The van der Waals surface area contributed by atoms with Crippen molar-refractivity contribution in [3.63, 3.8) is 0 Å². The molecule has 0 heterocycles. The van der Waals surface area contributed by atoms with Crippen molar-refractivity contribution in [2.24, 2.45) is 5.73 Å². The summed E-state index contributed by atoms with van der Waals surface area (Å²) in [6.45, 7) is 2.33. The molecule has 0 aliphatic rings. The normalized spacial score (nSPS) is 9.76. The lowest BCUT2D eigenvalue weighted by Crippen LogP contribution is -2.11. The molecule has 1 aromatic rings. The maximum Gasteiger partial charge on any atom is 0.310 e. The van der Waals surface area contributed by atoms with Crippen molar-refractivity contribution in [3.05, 3.63) is 34.4 Å². The summed E-state index contributed by atoms with van der Waals surface area (Å²) in [5.41, 5.74) is 8.73. The van der Waals surface area contributed by atoms with Crippen molar-refractivity contribution in [1.82, 2.24) is 0 Å². The van der Waals surface area contributed by atoms with Gasteiger partial charge in [0.1, 0.15) is 0 Å². The van der Waals surface area contributed by atoms with Crippen LogP contribution in [0, 0.1) is 11.3 Å². The van der Waals surface area contributed by atoms with Crippen molar-refractivity contribution in [2.45, 2.75) is 26.3 Å². The number of carbonyl (C=O) groups excluding carboxylic acids is 1. The lowest BCUT2D eigenvalue weighted by Gasteiger charge is -2.11. The van der Waals surface area contributed by atoms with Crippen LogP contribution in [0.2, 0.25) is 0 Å². The molecule has 0 fully saturated rings.